The highest BCUT2D eigenvalue weighted by atomic mass is 16.6. The molecule has 0 spiro atoms. The predicted molar refractivity (Wildman–Crippen MR) is 109 cm³/mol. The molecule has 29 heavy (non-hydrogen) atoms. The Labute approximate surface area is 171 Å². The summed E-state index contributed by atoms with van der Waals surface area (Å²) in [5.74, 6) is 1.25. The minimum atomic E-state index is -0.684. The van der Waals surface area contributed by atoms with Gasteiger partial charge in [0.2, 0.25) is 0 Å². The van der Waals surface area contributed by atoms with Crippen LogP contribution in [0.15, 0.2) is 42.6 Å². The van der Waals surface area contributed by atoms with Gasteiger partial charge in [-0.3, -0.25) is 9.69 Å². The molecule has 1 aromatic carbocycles. The Kier molecular flexibility index (Phi) is 6.30. The molecule has 6 nitrogen and oxygen atoms in total. The van der Waals surface area contributed by atoms with Crippen molar-refractivity contribution in [2.24, 2.45) is 5.92 Å². The Morgan fingerprint density at radius 3 is 2.72 bits per heavy atom. The van der Waals surface area contributed by atoms with E-state index in [2.05, 4.69) is 34.1 Å². The first-order valence-corrected chi connectivity index (χ1v) is 10.4. The molecular weight excluding hydrogens is 368 g/mol. The number of pyridine rings is 1. The van der Waals surface area contributed by atoms with Crippen LogP contribution in [0, 0.1) is 5.92 Å². The Bertz CT molecular complexity index is 816. The average Bonchev–Trinajstić information content (AvgIpc) is 2.75. The normalized spacial score (nSPS) is 19.8. The maximum absolute atomic E-state index is 10.6. The van der Waals surface area contributed by atoms with E-state index in [9.17, 15) is 4.79 Å². The fourth-order valence-corrected chi connectivity index (χ4v) is 4.14. The number of fused-ring (bicyclic) bond motifs is 1. The summed E-state index contributed by atoms with van der Waals surface area (Å²) < 4.78 is 11.7. The van der Waals surface area contributed by atoms with Crippen molar-refractivity contribution < 1.29 is 19.4 Å². The molecule has 6 heteroatoms. The second kappa shape index (κ2) is 9.27. The van der Waals surface area contributed by atoms with Crippen LogP contribution in [0.4, 0.5) is 0 Å². The smallest absolute Gasteiger partial charge is 0.303 e. The first-order chi connectivity index (χ1) is 14.2. The Balaban J connectivity index is 1.25. The van der Waals surface area contributed by atoms with E-state index < -0.39 is 5.97 Å². The highest BCUT2D eigenvalue weighted by Gasteiger charge is 2.24. The van der Waals surface area contributed by atoms with Crippen LogP contribution >= 0.6 is 0 Å². The zero-order chi connectivity index (χ0) is 20.1. The van der Waals surface area contributed by atoms with Gasteiger partial charge in [-0.15, -0.1) is 0 Å². The number of benzene rings is 1. The summed E-state index contributed by atoms with van der Waals surface area (Å²) in [6.45, 7) is 3.62. The first kappa shape index (κ1) is 19.7. The van der Waals surface area contributed by atoms with Gasteiger partial charge in [0.1, 0.15) is 6.61 Å². The number of carboxylic acid groups (broad SMARTS) is 1. The number of carboxylic acids is 1. The quantitative estimate of drug-likeness (QED) is 0.761. The van der Waals surface area contributed by atoms with E-state index in [0.29, 0.717) is 30.6 Å². The first-order valence-electron chi connectivity index (χ1n) is 10.4. The number of carbonyl (C=O) groups is 1. The summed E-state index contributed by atoms with van der Waals surface area (Å²) in [4.78, 5) is 17.4. The van der Waals surface area contributed by atoms with Gasteiger partial charge in [0.25, 0.3) is 5.88 Å². The number of piperidine rings is 1. The molecule has 3 heterocycles. The third kappa shape index (κ3) is 5.26. The molecule has 154 valence electrons. The van der Waals surface area contributed by atoms with Gasteiger partial charge in [-0.25, -0.2) is 4.98 Å². The molecular formula is C23H28N2O4. The van der Waals surface area contributed by atoms with Crippen molar-refractivity contribution in [1.29, 1.82) is 0 Å². The molecule has 2 aromatic rings. The van der Waals surface area contributed by atoms with E-state index in [4.69, 9.17) is 14.6 Å². The van der Waals surface area contributed by atoms with Gasteiger partial charge in [-0.1, -0.05) is 24.3 Å². The molecule has 0 bridgehead atoms. The van der Waals surface area contributed by atoms with Gasteiger partial charge in [-0.2, -0.15) is 0 Å². The van der Waals surface area contributed by atoms with Gasteiger partial charge in [0.15, 0.2) is 11.9 Å². The predicted octanol–water partition coefficient (Wildman–Crippen LogP) is 4.06. The lowest BCUT2D eigenvalue weighted by Gasteiger charge is -2.32. The van der Waals surface area contributed by atoms with Gasteiger partial charge >= 0.3 is 5.97 Å². The standard InChI is InChI=1S/C23H28N2O4/c26-22(27)5-1-3-17-10-13-25(14-11-17)15-18-6-8-19(9-7-18)21-16-28-20-4-2-12-24-23(20)29-21/h2,4,6-9,12,17,21H,1,3,5,10-11,13-16H2,(H,26,27). The fraction of sp³-hybridized carbons (Fsp3) is 0.478. The zero-order valence-electron chi connectivity index (χ0n) is 16.6. The second-order valence-corrected chi connectivity index (χ2v) is 7.97. The Morgan fingerprint density at radius 2 is 1.97 bits per heavy atom. The fourth-order valence-electron chi connectivity index (χ4n) is 4.14. The number of aliphatic carboxylic acids is 1. The van der Waals surface area contributed by atoms with E-state index >= 15 is 0 Å². The molecule has 0 amide bonds. The number of aromatic nitrogens is 1. The summed E-state index contributed by atoms with van der Waals surface area (Å²) >= 11 is 0. The maximum Gasteiger partial charge on any atom is 0.303 e. The van der Waals surface area contributed by atoms with E-state index in [1.54, 1.807) is 6.20 Å². The van der Waals surface area contributed by atoms with Gasteiger partial charge in [0.05, 0.1) is 0 Å². The van der Waals surface area contributed by atoms with Crippen molar-refractivity contribution in [3.8, 4) is 11.6 Å². The van der Waals surface area contributed by atoms with Crippen molar-refractivity contribution >= 4 is 5.97 Å². The number of ether oxygens (including phenoxy) is 2. The topological polar surface area (TPSA) is 71.9 Å². The highest BCUT2D eigenvalue weighted by molar-refractivity contribution is 5.66. The molecule has 1 aromatic heterocycles. The van der Waals surface area contributed by atoms with E-state index in [-0.39, 0.29) is 6.10 Å². The largest absolute Gasteiger partial charge is 0.484 e. The van der Waals surface area contributed by atoms with Gasteiger partial charge < -0.3 is 14.6 Å². The minimum absolute atomic E-state index is 0.131. The SMILES string of the molecule is O=C(O)CCCC1CCN(Cc2ccc(C3COc4cccnc4O3)cc2)CC1. The van der Waals surface area contributed by atoms with Crippen LogP contribution in [0.25, 0.3) is 0 Å². The van der Waals surface area contributed by atoms with Gasteiger partial charge in [0, 0.05) is 19.2 Å². The molecule has 1 N–H and O–H groups in total. The van der Waals surface area contributed by atoms with Crippen molar-refractivity contribution in [3.05, 3.63) is 53.7 Å². The number of rotatable bonds is 7. The van der Waals surface area contributed by atoms with Crippen molar-refractivity contribution in [1.82, 2.24) is 9.88 Å². The van der Waals surface area contributed by atoms with Crippen LogP contribution in [-0.4, -0.2) is 40.7 Å². The van der Waals surface area contributed by atoms with E-state index in [0.717, 1.165) is 50.9 Å². The summed E-state index contributed by atoms with van der Waals surface area (Å²) in [6.07, 6.45) is 6.04. The molecule has 0 radical (unpaired) electrons. The van der Waals surface area contributed by atoms with Crippen LogP contribution in [-0.2, 0) is 11.3 Å². The van der Waals surface area contributed by atoms with E-state index in [1.165, 1.54) is 5.56 Å². The minimum Gasteiger partial charge on any atom is -0.484 e. The lowest BCUT2D eigenvalue weighted by atomic mass is 9.91. The number of hydrogen-bond acceptors (Lipinski definition) is 5. The highest BCUT2D eigenvalue weighted by Crippen LogP contribution is 2.34. The third-order valence-electron chi connectivity index (χ3n) is 5.85. The molecule has 0 saturated carbocycles. The van der Waals surface area contributed by atoms with Crippen molar-refractivity contribution in [3.63, 3.8) is 0 Å². The number of likely N-dealkylation sites (tertiary alicyclic amines) is 1. The summed E-state index contributed by atoms with van der Waals surface area (Å²) in [5.41, 5.74) is 2.40. The average molecular weight is 396 g/mol. The van der Waals surface area contributed by atoms with Crippen LogP contribution in [0.3, 0.4) is 0 Å². The molecule has 1 saturated heterocycles. The summed E-state index contributed by atoms with van der Waals surface area (Å²) in [6, 6.07) is 12.3. The monoisotopic (exact) mass is 396 g/mol. The molecule has 1 atom stereocenters. The molecule has 4 rings (SSSR count). The van der Waals surface area contributed by atoms with Crippen LogP contribution in [0.1, 0.15) is 49.3 Å². The maximum atomic E-state index is 10.6. The van der Waals surface area contributed by atoms with Gasteiger partial charge in [-0.05, 0) is 68.0 Å². The Morgan fingerprint density at radius 1 is 1.17 bits per heavy atom. The van der Waals surface area contributed by atoms with E-state index in [1.807, 2.05) is 12.1 Å². The molecule has 0 aliphatic carbocycles. The molecule has 1 fully saturated rings. The lowest BCUT2D eigenvalue weighted by molar-refractivity contribution is -0.137. The summed E-state index contributed by atoms with van der Waals surface area (Å²) in [5, 5.41) is 8.77. The molecule has 2 aliphatic heterocycles. The molecule has 1 unspecified atom stereocenters. The Hall–Kier alpha value is -2.60. The second-order valence-electron chi connectivity index (χ2n) is 7.97. The van der Waals surface area contributed by atoms with Crippen LogP contribution in [0.2, 0.25) is 0 Å². The third-order valence-corrected chi connectivity index (χ3v) is 5.85. The lowest BCUT2D eigenvalue weighted by Crippen LogP contribution is -2.33. The zero-order valence-corrected chi connectivity index (χ0v) is 16.6. The number of hydrogen-bond donors (Lipinski definition) is 1. The van der Waals surface area contributed by atoms with Crippen molar-refractivity contribution in [2.45, 2.75) is 44.8 Å². The number of nitrogens with zero attached hydrogens (tertiary/aromatic N) is 2. The van der Waals surface area contributed by atoms with Crippen LogP contribution in [0.5, 0.6) is 11.6 Å². The molecule has 2 aliphatic rings. The summed E-state index contributed by atoms with van der Waals surface area (Å²) in [7, 11) is 0. The van der Waals surface area contributed by atoms with Crippen molar-refractivity contribution in [2.75, 3.05) is 19.7 Å². The van der Waals surface area contributed by atoms with Crippen LogP contribution < -0.4 is 9.47 Å².